The minimum Gasteiger partial charge on any atom is -0.383 e. The number of unbranched alkanes of at least 4 members (excludes halogenated alkanes) is 2. The Kier molecular flexibility index (Phi) is 56.2. The van der Waals surface area contributed by atoms with E-state index < -0.39 is 0 Å². The Labute approximate surface area is 523 Å². The molecule has 0 aromatic heterocycles. The van der Waals surface area contributed by atoms with E-state index in [0.717, 1.165) is 118 Å². The van der Waals surface area contributed by atoms with E-state index in [-0.39, 0.29) is 11.8 Å². The van der Waals surface area contributed by atoms with Crippen molar-refractivity contribution in [2.75, 3.05) is 319 Å². The van der Waals surface area contributed by atoms with Crippen molar-refractivity contribution in [3.8, 4) is 0 Å². The summed E-state index contributed by atoms with van der Waals surface area (Å²) in [6.07, 6.45) is 6.31. The highest BCUT2D eigenvalue weighted by atomic mass is 16.5. The van der Waals surface area contributed by atoms with Gasteiger partial charge in [-0.05, 0) is 107 Å². The average molecular weight is 1220 g/mol. The predicted octanol–water partition coefficient (Wildman–Crippen LogP) is 2.27. The SMILES string of the molecule is CC(=O)NC1CCN(C)CC1.CC(=O)NN1CCN(C)CC1.CCCCCN1CCN(C)CC1.CCN1CCN(C)CC1.CCN1CCN(CC)CC1.CCN1CCOCC1.CN1CCN(C)CC1.COCCN1CCOCC1.COCCOC. The van der Waals surface area contributed by atoms with Gasteiger partial charge < -0.3 is 78.0 Å². The molecule has 8 saturated heterocycles. The van der Waals surface area contributed by atoms with Gasteiger partial charge in [0, 0.05) is 205 Å². The molecule has 0 spiro atoms. The molecule has 8 rings (SSSR count). The maximum atomic E-state index is 10.7. The second-order valence-electron chi connectivity index (χ2n) is 23.8. The number of amides is 2. The van der Waals surface area contributed by atoms with Crippen molar-refractivity contribution in [2.45, 2.75) is 86.6 Å². The van der Waals surface area contributed by atoms with Crippen LogP contribution in [0.3, 0.4) is 0 Å². The molecule has 0 aromatic carbocycles. The van der Waals surface area contributed by atoms with Crippen molar-refractivity contribution in [3.05, 3.63) is 0 Å². The lowest BCUT2D eigenvalue weighted by atomic mass is 10.1. The van der Waals surface area contributed by atoms with Crippen molar-refractivity contribution in [3.63, 3.8) is 0 Å². The van der Waals surface area contributed by atoms with Crippen molar-refractivity contribution < 1.29 is 33.3 Å². The number of rotatable bonds is 16. The standard InChI is InChI=1S/C10H22N2.C8H16N2O.C8H18N2.C7H15N3O.C7H16N2.C7H15NO2.C6H14N2.C6H13NO.C4H10O2/c1-3-4-5-6-12-9-7-11(2)8-10-12;1-7(11)9-8-3-5-10(2)6-4-8;1-3-9-5-7-10(4-2)8-6-9;1-7(11)8-10-5-3-9(2)4-6-10;1-3-9-6-4-8(2)5-7-9;1-9-5-2-8-3-6-10-7-4-8;1-7-3-5-8(2)6-4-7;1-2-7-3-5-8-6-4-7;1-5-3-4-6-2/h3-10H2,1-2H3;8H,3-6H2,1-2H3,(H,9,11);3-8H2,1-2H3;3-6H2,1-2H3,(H,8,11);3-7H2,1-2H3;2-7H2,1H3;3-6H2,1-2H3;2-6H2,1H3;3-4H2,1-2H3. The van der Waals surface area contributed by atoms with Crippen LogP contribution in [0.4, 0.5) is 0 Å². The zero-order valence-corrected chi connectivity index (χ0v) is 58.4. The summed E-state index contributed by atoms with van der Waals surface area (Å²) in [6, 6.07) is 0.420. The van der Waals surface area contributed by atoms with Gasteiger partial charge in [0.25, 0.3) is 0 Å². The van der Waals surface area contributed by atoms with E-state index in [1.807, 2.05) is 5.01 Å². The summed E-state index contributed by atoms with van der Waals surface area (Å²) < 4.78 is 24.6. The summed E-state index contributed by atoms with van der Waals surface area (Å²) in [4.78, 5) is 50.2. The monoisotopic (exact) mass is 1220 g/mol. The van der Waals surface area contributed by atoms with Crippen LogP contribution in [0, 0.1) is 0 Å². The number of morpholine rings is 2. The molecular formula is C63H139N15O7. The molecule has 8 aliphatic heterocycles. The van der Waals surface area contributed by atoms with E-state index in [2.05, 4.69) is 156 Å². The average Bonchev–Trinajstić information content (AvgIpc) is 3.53. The Balaban J connectivity index is 0.000000939. The molecule has 0 aromatic rings. The molecule has 508 valence electrons. The molecule has 8 aliphatic rings. The van der Waals surface area contributed by atoms with Gasteiger partial charge in [-0.1, -0.05) is 47.5 Å². The van der Waals surface area contributed by atoms with E-state index >= 15 is 0 Å². The largest absolute Gasteiger partial charge is 0.383 e. The number of piperazine rings is 5. The van der Waals surface area contributed by atoms with Crippen molar-refractivity contribution >= 4 is 11.8 Å². The van der Waals surface area contributed by atoms with Gasteiger partial charge >= 0.3 is 0 Å². The Morgan fingerprint density at radius 1 is 0.376 bits per heavy atom. The number of methoxy groups -OCH3 is 3. The van der Waals surface area contributed by atoms with Gasteiger partial charge in [0.15, 0.2) is 0 Å². The van der Waals surface area contributed by atoms with Gasteiger partial charge in [-0.2, -0.15) is 0 Å². The molecule has 85 heavy (non-hydrogen) atoms. The van der Waals surface area contributed by atoms with Gasteiger partial charge in [0.2, 0.25) is 11.8 Å². The van der Waals surface area contributed by atoms with E-state index in [9.17, 15) is 9.59 Å². The van der Waals surface area contributed by atoms with Gasteiger partial charge in [-0.3, -0.25) is 24.8 Å². The first-order valence-electron chi connectivity index (χ1n) is 33.3. The fourth-order valence-electron chi connectivity index (χ4n) is 9.86. The fourth-order valence-corrected chi connectivity index (χ4v) is 9.86. The smallest absolute Gasteiger partial charge is 0.231 e. The number of ether oxygens (including phenoxy) is 5. The van der Waals surface area contributed by atoms with Crippen molar-refractivity contribution in [2.24, 2.45) is 0 Å². The van der Waals surface area contributed by atoms with E-state index in [0.29, 0.717) is 19.3 Å². The number of piperidine rings is 1. The molecule has 2 N–H and O–H groups in total. The van der Waals surface area contributed by atoms with Crippen LogP contribution in [-0.4, -0.2) is 401 Å². The quantitative estimate of drug-likeness (QED) is 0.218. The second kappa shape index (κ2) is 57.4. The number of nitrogens with zero attached hydrogens (tertiary/aromatic N) is 13. The van der Waals surface area contributed by atoms with Crippen LogP contribution in [0.5, 0.6) is 0 Å². The number of likely N-dealkylation sites (N-methyl/N-ethyl adjacent to an activating group) is 9. The summed E-state index contributed by atoms with van der Waals surface area (Å²) in [7, 11) is 18.0. The van der Waals surface area contributed by atoms with Gasteiger partial charge in [0.1, 0.15) is 0 Å². The number of hydrogen-bond acceptors (Lipinski definition) is 20. The molecule has 0 bridgehead atoms. The van der Waals surface area contributed by atoms with Crippen molar-refractivity contribution in [1.29, 1.82) is 0 Å². The van der Waals surface area contributed by atoms with Crippen LogP contribution in [0.2, 0.25) is 0 Å². The molecule has 22 nitrogen and oxygen atoms in total. The van der Waals surface area contributed by atoms with Crippen LogP contribution < -0.4 is 10.7 Å². The topological polar surface area (TPSA) is 146 Å². The number of carbonyl (C=O) groups excluding carboxylic acids is 2. The summed E-state index contributed by atoms with van der Waals surface area (Å²) in [5.74, 6) is 0.120. The van der Waals surface area contributed by atoms with E-state index in [1.165, 1.54) is 157 Å². The lowest BCUT2D eigenvalue weighted by Crippen LogP contribution is -2.52. The highest BCUT2D eigenvalue weighted by Crippen LogP contribution is 2.08. The highest BCUT2D eigenvalue weighted by Gasteiger charge is 2.18. The van der Waals surface area contributed by atoms with E-state index in [4.69, 9.17) is 14.2 Å². The molecule has 8 heterocycles. The van der Waals surface area contributed by atoms with Crippen LogP contribution in [0.15, 0.2) is 0 Å². The Morgan fingerprint density at radius 2 is 0.682 bits per heavy atom. The zero-order valence-electron chi connectivity index (χ0n) is 58.4. The number of nitrogens with one attached hydrogen (secondary N) is 2. The third-order valence-electron chi connectivity index (χ3n) is 16.5. The Hall–Kier alpha value is -1.78. The summed E-state index contributed by atoms with van der Waals surface area (Å²) in [6.45, 7) is 57.8. The van der Waals surface area contributed by atoms with Gasteiger partial charge in [-0.25, -0.2) is 5.01 Å². The minimum absolute atomic E-state index is 0.0227. The first-order valence-corrected chi connectivity index (χ1v) is 33.3. The molecule has 0 saturated carbocycles. The Morgan fingerprint density at radius 3 is 1.01 bits per heavy atom. The number of likely N-dealkylation sites (tertiary alicyclic amines) is 1. The zero-order chi connectivity index (χ0) is 63.3. The van der Waals surface area contributed by atoms with Crippen LogP contribution in [0.25, 0.3) is 0 Å². The van der Waals surface area contributed by atoms with E-state index in [1.54, 1.807) is 35.2 Å². The molecule has 0 radical (unpaired) electrons. The number of carbonyl (C=O) groups is 2. The summed E-state index contributed by atoms with van der Waals surface area (Å²) in [5, 5.41) is 4.90. The highest BCUT2D eigenvalue weighted by molar-refractivity contribution is 5.73. The third kappa shape index (κ3) is 50.6. The fraction of sp³-hybridized carbons (Fsp3) is 0.968. The molecule has 2 amide bonds. The van der Waals surface area contributed by atoms with Gasteiger partial charge in [-0.15, -0.1) is 0 Å². The Bertz CT molecular complexity index is 1370. The van der Waals surface area contributed by atoms with Crippen molar-refractivity contribution in [1.82, 2.24) is 74.6 Å². The normalized spacial score (nSPS) is 21.8. The second-order valence-corrected chi connectivity index (χ2v) is 23.8. The first-order chi connectivity index (χ1) is 40.9. The van der Waals surface area contributed by atoms with Crippen LogP contribution >= 0.6 is 0 Å². The first kappa shape index (κ1) is 83.2. The van der Waals surface area contributed by atoms with Gasteiger partial charge in [0.05, 0.1) is 46.2 Å². The molecule has 0 aliphatic carbocycles. The number of hydrazine groups is 1. The minimum atomic E-state index is 0.0227. The summed E-state index contributed by atoms with van der Waals surface area (Å²) >= 11 is 0. The third-order valence-corrected chi connectivity index (χ3v) is 16.5. The van der Waals surface area contributed by atoms with Crippen LogP contribution in [0.1, 0.15) is 80.6 Å². The summed E-state index contributed by atoms with van der Waals surface area (Å²) in [5.41, 5.74) is 2.77. The predicted molar refractivity (Wildman–Crippen MR) is 355 cm³/mol. The maximum absolute atomic E-state index is 10.7. The molecule has 0 unspecified atom stereocenters. The molecule has 22 heteroatoms. The lowest BCUT2D eigenvalue weighted by Gasteiger charge is -2.33. The maximum Gasteiger partial charge on any atom is 0.231 e. The number of hydrogen-bond donors (Lipinski definition) is 2. The molecular weight excluding hydrogens is 1080 g/mol. The van der Waals surface area contributed by atoms with Crippen LogP contribution in [-0.2, 0) is 33.3 Å². The lowest BCUT2D eigenvalue weighted by molar-refractivity contribution is -0.124. The molecule has 8 fully saturated rings. The molecule has 0 atom stereocenters.